The highest BCUT2D eigenvalue weighted by molar-refractivity contribution is 7.99. The molecule has 28 heavy (non-hydrogen) atoms. The fraction of sp³-hybridized carbons (Fsp3) is 0.158. The molecule has 3 rings (SSSR count). The maximum Gasteiger partial charge on any atom is 0.283 e. The van der Waals surface area contributed by atoms with E-state index in [1.807, 2.05) is 0 Å². The van der Waals surface area contributed by atoms with Crippen LogP contribution in [-0.2, 0) is 11.3 Å². The van der Waals surface area contributed by atoms with Crippen molar-refractivity contribution in [2.75, 3.05) is 18.2 Å². The second-order valence-corrected chi connectivity index (χ2v) is 7.03. The number of pyridine rings is 1. The minimum absolute atomic E-state index is 0.0393. The van der Waals surface area contributed by atoms with Crippen molar-refractivity contribution in [3.05, 3.63) is 64.6 Å². The van der Waals surface area contributed by atoms with E-state index in [1.54, 1.807) is 47.2 Å². The molecule has 0 aliphatic heterocycles. The van der Waals surface area contributed by atoms with Crippen molar-refractivity contribution in [3.63, 3.8) is 0 Å². The zero-order valence-electron chi connectivity index (χ0n) is 15.0. The first kappa shape index (κ1) is 19.9. The van der Waals surface area contributed by atoms with E-state index >= 15 is 0 Å². The van der Waals surface area contributed by atoms with E-state index in [9.17, 15) is 9.59 Å². The number of ether oxygens (including phenoxy) is 1. The summed E-state index contributed by atoms with van der Waals surface area (Å²) in [5, 5.41) is 4.04. The van der Waals surface area contributed by atoms with Gasteiger partial charge in [0.1, 0.15) is 11.4 Å². The summed E-state index contributed by atoms with van der Waals surface area (Å²) in [6.07, 6.45) is 3.29. The number of halogens is 1. The Morgan fingerprint density at radius 2 is 2.25 bits per heavy atom. The molecule has 0 bridgehead atoms. The maximum atomic E-state index is 12.4. The first-order valence-electron chi connectivity index (χ1n) is 8.26. The van der Waals surface area contributed by atoms with Gasteiger partial charge in [-0.2, -0.15) is 4.98 Å². The third-order valence-electron chi connectivity index (χ3n) is 3.78. The Bertz CT molecular complexity index is 1100. The van der Waals surface area contributed by atoms with Crippen LogP contribution in [0.3, 0.4) is 0 Å². The van der Waals surface area contributed by atoms with Gasteiger partial charge in [-0.1, -0.05) is 29.4 Å². The molecule has 2 aromatic heterocycles. The molecule has 0 fully saturated rings. The number of hydrogen-bond acceptors (Lipinski definition) is 6. The Morgan fingerprint density at radius 3 is 3.00 bits per heavy atom. The van der Waals surface area contributed by atoms with E-state index in [0.29, 0.717) is 39.2 Å². The lowest BCUT2D eigenvalue weighted by Crippen LogP contribution is -2.19. The van der Waals surface area contributed by atoms with E-state index in [1.165, 1.54) is 7.11 Å². The molecule has 0 aliphatic carbocycles. The zero-order chi connectivity index (χ0) is 20.1. The van der Waals surface area contributed by atoms with Gasteiger partial charge in [-0.3, -0.25) is 9.59 Å². The van der Waals surface area contributed by atoms with Gasteiger partial charge in [-0.25, -0.2) is 4.98 Å². The van der Waals surface area contributed by atoms with Crippen molar-refractivity contribution >= 4 is 46.0 Å². The molecule has 0 saturated heterocycles. The van der Waals surface area contributed by atoms with Crippen molar-refractivity contribution < 1.29 is 9.53 Å². The molecule has 0 saturated carbocycles. The van der Waals surface area contributed by atoms with Crippen LogP contribution in [0.25, 0.3) is 11.0 Å². The Morgan fingerprint density at radius 1 is 1.43 bits per heavy atom. The maximum absolute atomic E-state index is 12.4. The van der Waals surface area contributed by atoms with Crippen LogP contribution >= 0.6 is 23.4 Å². The number of carbonyl (C=O) groups is 1. The van der Waals surface area contributed by atoms with Gasteiger partial charge in [-0.15, -0.1) is 6.58 Å². The fourth-order valence-corrected chi connectivity index (χ4v) is 3.54. The van der Waals surface area contributed by atoms with Gasteiger partial charge >= 0.3 is 0 Å². The Balaban J connectivity index is 1.82. The third-order valence-corrected chi connectivity index (χ3v) is 4.99. The molecular weight excluding hydrogens is 400 g/mol. The number of aromatic nitrogens is 3. The monoisotopic (exact) mass is 416 g/mol. The summed E-state index contributed by atoms with van der Waals surface area (Å²) in [5.74, 6) is 0.253. The number of benzene rings is 1. The molecular formula is C19H17ClN4O3S. The minimum atomic E-state index is -0.386. The minimum Gasteiger partial charge on any atom is -0.495 e. The first-order valence-corrected chi connectivity index (χ1v) is 9.62. The predicted octanol–water partition coefficient (Wildman–Crippen LogP) is 3.37. The summed E-state index contributed by atoms with van der Waals surface area (Å²) >= 11 is 7.12. The van der Waals surface area contributed by atoms with Gasteiger partial charge < -0.3 is 14.6 Å². The standard InChI is InChI=1S/C19H17ClN4O3S/c1-3-9-24-17-13(5-4-8-21-17)18(26)23-19(24)28-11-16(25)22-14-10-12(20)6-7-15(14)27-2/h3-8,10H,1,9,11H2,2H3,(H,22,25). The number of hydrogen-bond donors (Lipinski definition) is 1. The second-order valence-electron chi connectivity index (χ2n) is 5.65. The molecule has 7 nitrogen and oxygen atoms in total. The Kier molecular flexibility index (Phi) is 6.33. The van der Waals surface area contributed by atoms with Crippen LogP contribution in [-0.4, -0.2) is 33.3 Å². The lowest BCUT2D eigenvalue weighted by Gasteiger charge is -2.13. The van der Waals surface area contributed by atoms with Crippen LogP contribution in [0.1, 0.15) is 0 Å². The van der Waals surface area contributed by atoms with Crippen LogP contribution in [0, 0.1) is 0 Å². The van der Waals surface area contributed by atoms with E-state index < -0.39 is 0 Å². The summed E-state index contributed by atoms with van der Waals surface area (Å²) in [6, 6.07) is 8.30. The lowest BCUT2D eigenvalue weighted by atomic mass is 10.3. The number of fused-ring (bicyclic) bond motifs is 1. The van der Waals surface area contributed by atoms with Crippen molar-refractivity contribution in [3.8, 4) is 5.75 Å². The van der Waals surface area contributed by atoms with E-state index in [0.717, 1.165) is 11.8 Å². The number of methoxy groups -OCH3 is 1. The number of carbonyl (C=O) groups excluding carboxylic acids is 1. The molecule has 3 aromatic rings. The number of nitrogens with zero attached hydrogens (tertiary/aromatic N) is 3. The number of thioether (sulfide) groups is 1. The topological polar surface area (TPSA) is 86.1 Å². The molecule has 1 aromatic carbocycles. The highest BCUT2D eigenvalue weighted by Crippen LogP contribution is 2.28. The van der Waals surface area contributed by atoms with Gasteiger partial charge in [0.05, 0.1) is 23.9 Å². The highest BCUT2D eigenvalue weighted by atomic mass is 35.5. The van der Waals surface area contributed by atoms with Crippen molar-refractivity contribution in [1.82, 2.24) is 14.5 Å². The molecule has 0 spiro atoms. The number of allylic oxidation sites excluding steroid dienone is 1. The molecule has 0 aliphatic rings. The number of amides is 1. The largest absolute Gasteiger partial charge is 0.495 e. The smallest absolute Gasteiger partial charge is 0.283 e. The van der Waals surface area contributed by atoms with Gasteiger partial charge in [0.2, 0.25) is 5.91 Å². The SMILES string of the molecule is C=CCn1c(SCC(=O)Nc2cc(Cl)ccc2OC)nc(=O)c2cccnc21. The lowest BCUT2D eigenvalue weighted by molar-refractivity contribution is -0.113. The van der Waals surface area contributed by atoms with Crippen molar-refractivity contribution in [2.45, 2.75) is 11.7 Å². The molecule has 0 atom stereocenters. The fourth-order valence-electron chi connectivity index (χ4n) is 2.58. The average Bonchev–Trinajstić information content (AvgIpc) is 2.69. The summed E-state index contributed by atoms with van der Waals surface area (Å²) in [6.45, 7) is 4.14. The molecule has 144 valence electrons. The van der Waals surface area contributed by atoms with Gasteiger partial charge in [0, 0.05) is 17.8 Å². The van der Waals surface area contributed by atoms with Gasteiger partial charge in [-0.05, 0) is 30.3 Å². The normalized spacial score (nSPS) is 10.6. The van der Waals surface area contributed by atoms with Gasteiger partial charge in [0.15, 0.2) is 5.16 Å². The Labute approximate surface area is 170 Å². The first-order chi connectivity index (χ1) is 13.5. The van der Waals surface area contributed by atoms with E-state index in [4.69, 9.17) is 16.3 Å². The summed E-state index contributed by atoms with van der Waals surface area (Å²) in [4.78, 5) is 33.1. The highest BCUT2D eigenvalue weighted by Gasteiger charge is 2.14. The molecule has 0 unspecified atom stereocenters. The summed E-state index contributed by atoms with van der Waals surface area (Å²) in [5.41, 5.74) is 0.585. The van der Waals surface area contributed by atoms with Crippen LogP contribution < -0.4 is 15.6 Å². The molecule has 9 heteroatoms. The molecule has 1 amide bonds. The average molecular weight is 417 g/mol. The predicted molar refractivity (Wildman–Crippen MR) is 111 cm³/mol. The Hall–Kier alpha value is -2.84. The zero-order valence-corrected chi connectivity index (χ0v) is 16.6. The second kappa shape index (κ2) is 8.90. The van der Waals surface area contributed by atoms with Crippen LogP contribution in [0.5, 0.6) is 5.75 Å². The van der Waals surface area contributed by atoms with E-state index in [2.05, 4.69) is 21.9 Å². The van der Waals surface area contributed by atoms with Crippen molar-refractivity contribution in [2.24, 2.45) is 0 Å². The quantitative estimate of drug-likeness (QED) is 0.361. The third kappa shape index (κ3) is 4.35. The van der Waals surface area contributed by atoms with Gasteiger partial charge in [0.25, 0.3) is 5.56 Å². The molecule has 2 heterocycles. The van der Waals surface area contributed by atoms with Crippen LogP contribution in [0.15, 0.2) is 59.1 Å². The van der Waals surface area contributed by atoms with Crippen LogP contribution in [0.4, 0.5) is 5.69 Å². The van der Waals surface area contributed by atoms with Crippen molar-refractivity contribution in [1.29, 1.82) is 0 Å². The van der Waals surface area contributed by atoms with Crippen LogP contribution in [0.2, 0.25) is 5.02 Å². The molecule has 1 N–H and O–H groups in total. The van der Waals surface area contributed by atoms with E-state index in [-0.39, 0.29) is 17.2 Å². The summed E-state index contributed by atoms with van der Waals surface area (Å²) < 4.78 is 6.97. The molecule has 0 radical (unpaired) electrons. The number of nitrogens with one attached hydrogen (secondary N) is 1. The number of rotatable bonds is 7. The summed E-state index contributed by atoms with van der Waals surface area (Å²) in [7, 11) is 1.51. The number of anilines is 1.